The van der Waals surface area contributed by atoms with Crippen LogP contribution in [0.1, 0.15) is 26.2 Å². The van der Waals surface area contributed by atoms with Gasteiger partial charge in [-0.15, -0.1) is 0 Å². The lowest BCUT2D eigenvalue weighted by Crippen LogP contribution is -2.42. The number of carbonyl (C=O) groups is 3. The number of benzene rings is 2. The molecule has 0 radical (unpaired) electrons. The average molecular weight is 579 g/mol. The van der Waals surface area contributed by atoms with Gasteiger partial charge in [0.25, 0.3) is 0 Å². The SMILES string of the molecule is COC(=O)/C=C/CCC(C/C(=C(\C)S(=O)(=O)c1ccccc1)S(=O)(=O)c1ccccc1)(C(=O)OC)C(=O)OC. The minimum Gasteiger partial charge on any atom is -0.468 e. The molecule has 2 aromatic rings. The van der Waals surface area contributed by atoms with Gasteiger partial charge in [-0.1, -0.05) is 42.5 Å². The normalized spacial score (nSPS) is 12.9. The summed E-state index contributed by atoms with van der Waals surface area (Å²) in [5, 5.41) is 0. The lowest BCUT2D eigenvalue weighted by Gasteiger charge is -2.29. The highest BCUT2D eigenvalue weighted by Crippen LogP contribution is 2.41. The first-order valence-corrected chi connectivity index (χ1v) is 14.6. The van der Waals surface area contributed by atoms with Crippen molar-refractivity contribution < 1.29 is 45.4 Å². The van der Waals surface area contributed by atoms with Gasteiger partial charge in [0.05, 0.1) is 40.9 Å². The summed E-state index contributed by atoms with van der Waals surface area (Å²) in [6.45, 7) is 1.11. The first-order valence-electron chi connectivity index (χ1n) is 11.6. The summed E-state index contributed by atoms with van der Waals surface area (Å²) in [7, 11) is -5.77. The zero-order valence-electron chi connectivity index (χ0n) is 21.9. The van der Waals surface area contributed by atoms with Crippen LogP contribution in [0, 0.1) is 5.41 Å². The molecule has 0 spiro atoms. The van der Waals surface area contributed by atoms with Gasteiger partial charge in [0.2, 0.25) is 19.7 Å². The molecule has 0 aliphatic carbocycles. The zero-order chi connectivity index (χ0) is 29.3. The van der Waals surface area contributed by atoms with Crippen LogP contribution >= 0.6 is 0 Å². The Hall–Kier alpha value is -3.77. The van der Waals surface area contributed by atoms with Crippen molar-refractivity contribution in [1.29, 1.82) is 0 Å². The molecule has 0 aromatic heterocycles. The lowest BCUT2D eigenvalue weighted by atomic mass is 9.79. The zero-order valence-corrected chi connectivity index (χ0v) is 23.6. The van der Waals surface area contributed by atoms with E-state index in [1.54, 1.807) is 12.1 Å². The van der Waals surface area contributed by atoms with Gasteiger partial charge in [0.1, 0.15) is 0 Å². The second-order valence-corrected chi connectivity index (χ2v) is 12.4. The molecule has 0 bridgehead atoms. The smallest absolute Gasteiger partial charge is 0.330 e. The third-order valence-electron chi connectivity index (χ3n) is 6.03. The van der Waals surface area contributed by atoms with E-state index in [-0.39, 0.29) is 22.6 Å². The van der Waals surface area contributed by atoms with Gasteiger partial charge in [-0.25, -0.2) is 21.6 Å². The van der Waals surface area contributed by atoms with E-state index in [9.17, 15) is 31.2 Å². The van der Waals surface area contributed by atoms with Crippen molar-refractivity contribution in [2.75, 3.05) is 21.3 Å². The van der Waals surface area contributed by atoms with Crippen LogP contribution in [0.15, 0.2) is 92.4 Å². The van der Waals surface area contributed by atoms with Crippen LogP contribution < -0.4 is 0 Å². The van der Waals surface area contributed by atoms with Gasteiger partial charge in [-0.3, -0.25) is 9.59 Å². The Bertz CT molecular complexity index is 1440. The van der Waals surface area contributed by atoms with E-state index in [4.69, 9.17) is 9.47 Å². The quantitative estimate of drug-likeness (QED) is 0.159. The van der Waals surface area contributed by atoms with Crippen LogP contribution in [0.5, 0.6) is 0 Å². The maximum absolute atomic E-state index is 13.9. The number of hydrogen-bond donors (Lipinski definition) is 0. The standard InChI is InChI=1S/C27H30O10S2/c1-20(38(31,32)21-13-7-5-8-14-21)23(39(33,34)22-15-9-6-10-16-22)19-27(25(29)36-3,26(30)37-4)18-12-11-17-24(28)35-2/h5-11,13-17H,12,18-19H2,1-4H3/b17-11+,23-20-. The minimum absolute atomic E-state index is 0.0809. The van der Waals surface area contributed by atoms with Gasteiger partial charge in [-0.2, -0.15) is 0 Å². The van der Waals surface area contributed by atoms with E-state index in [1.165, 1.54) is 61.7 Å². The molecule has 0 amide bonds. The molecule has 0 saturated heterocycles. The number of ether oxygens (including phenoxy) is 3. The predicted molar refractivity (Wildman–Crippen MR) is 141 cm³/mol. The van der Waals surface area contributed by atoms with Gasteiger partial charge >= 0.3 is 17.9 Å². The van der Waals surface area contributed by atoms with E-state index in [0.717, 1.165) is 27.2 Å². The van der Waals surface area contributed by atoms with Gasteiger partial charge in [0.15, 0.2) is 5.41 Å². The van der Waals surface area contributed by atoms with Crippen molar-refractivity contribution in [1.82, 2.24) is 0 Å². The Labute approximate surface area is 228 Å². The highest BCUT2D eigenvalue weighted by atomic mass is 32.2. The molecular formula is C27H30O10S2. The number of esters is 3. The first-order chi connectivity index (χ1) is 18.4. The summed E-state index contributed by atoms with van der Waals surface area (Å²) in [5.74, 6) is -2.95. The van der Waals surface area contributed by atoms with Crippen molar-refractivity contribution in [3.8, 4) is 0 Å². The summed E-state index contributed by atoms with van der Waals surface area (Å²) < 4.78 is 69.2. The fourth-order valence-corrected chi connectivity index (χ4v) is 7.35. The number of allylic oxidation sites excluding steroid dienone is 3. The minimum atomic E-state index is -4.56. The number of hydrogen-bond acceptors (Lipinski definition) is 10. The second kappa shape index (κ2) is 13.3. The van der Waals surface area contributed by atoms with Crippen LogP contribution in [-0.4, -0.2) is 56.1 Å². The van der Waals surface area contributed by atoms with Gasteiger partial charge < -0.3 is 14.2 Å². The molecule has 0 unspecified atom stereocenters. The molecule has 0 fully saturated rings. The van der Waals surface area contributed by atoms with Crippen molar-refractivity contribution in [3.63, 3.8) is 0 Å². The summed E-state index contributed by atoms with van der Waals surface area (Å²) in [6, 6.07) is 14.2. The topological polar surface area (TPSA) is 147 Å². The first kappa shape index (κ1) is 31.4. The van der Waals surface area contributed by atoms with Crippen LogP contribution in [0.2, 0.25) is 0 Å². The molecule has 0 aliphatic rings. The van der Waals surface area contributed by atoms with E-state index >= 15 is 0 Å². The van der Waals surface area contributed by atoms with Crippen molar-refractivity contribution in [2.45, 2.75) is 36.0 Å². The Kier molecular flexibility index (Phi) is 10.8. The number of methoxy groups -OCH3 is 3. The fourth-order valence-electron chi connectivity index (χ4n) is 3.84. The number of carbonyl (C=O) groups excluding carboxylic acids is 3. The summed E-state index contributed by atoms with van der Waals surface area (Å²) in [4.78, 5) is 36.1. The average Bonchev–Trinajstić information content (AvgIpc) is 2.96. The van der Waals surface area contributed by atoms with E-state index in [1.807, 2.05) is 0 Å². The van der Waals surface area contributed by atoms with Gasteiger partial charge in [0, 0.05) is 12.5 Å². The number of sulfone groups is 2. The van der Waals surface area contributed by atoms with Gasteiger partial charge in [-0.05, 0) is 44.0 Å². The Balaban J connectivity index is 2.86. The van der Waals surface area contributed by atoms with Crippen LogP contribution in [-0.2, 0) is 48.3 Å². The molecule has 0 atom stereocenters. The van der Waals surface area contributed by atoms with Crippen molar-refractivity contribution >= 4 is 37.6 Å². The molecule has 2 aromatic carbocycles. The molecule has 12 heteroatoms. The van der Waals surface area contributed by atoms with Crippen molar-refractivity contribution in [2.24, 2.45) is 5.41 Å². The fraction of sp³-hybridized carbons (Fsp3) is 0.296. The van der Waals surface area contributed by atoms with Crippen LogP contribution in [0.3, 0.4) is 0 Å². The molecule has 2 rings (SSSR count). The van der Waals surface area contributed by atoms with E-state index in [0.29, 0.717) is 0 Å². The molecule has 0 saturated carbocycles. The monoisotopic (exact) mass is 578 g/mol. The second-order valence-electron chi connectivity index (χ2n) is 8.32. The molecule has 39 heavy (non-hydrogen) atoms. The Morgan fingerprint density at radius 3 is 1.64 bits per heavy atom. The molecular weight excluding hydrogens is 548 g/mol. The Morgan fingerprint density at radius 1 is 0.744 bits per heavy atom. The lowest BCUT2D eigenvalue weighted by molar-refractivity contribution is -0.169. The third kappa shape index (κ3) is 7.01. The van der Waals surface area contributed by atoms with Crippen LogP contribution in [0.4, 0.5) is 0 Å². The molecule has 0 aliphatic heterocycles. The molecule has 0 N–H and O–H groups in total. The van der Waals surface area contributed by atoms with Crippen LogP contribution in [0.25, 0.3) is 0 Å². The highest BCUT2D eigenvalue weighted by Gasteiger charge is 2.51. The summed E-state index contributed by atoms with van der Waals surface area (Å²) >= 11 is 0. The number of rotatable bonds is 12. The summed E-state index contributed by atoms with van der Waals surface area (Å²) in [6.07, 6.45) is 1.07. The summed E-state index contributed by atoms with van der Waals surface area (Å²) in [5.41, 5.74) is -2.27. The maximum Gasteiger partial charge on any atom is 0.330 e. The van der Waals surface area contributed by atoms with E-state index < -0.39 is 59.2 Å². The largest absolute Gasteiger partial charge is 0.468 e. The van der Waals surface area contributed by atoms with Crippen molar-refractivity contribution in [3.05, 3.63) is 82.6 Å². The molecule has 10 nitrogen and oxygen atoms in total. The molecule has 0 heterocycles. The molecule has 210 valence electrons. The third-order valence-corrected chi connectivity index (χ3v) is 10.1. The van der Waals surface area contributed by atoms with E-state index in [2.05, 4.69) is 4.74 Å². The Morgan fingerprint density at radius 2 is 1.21 bits per heavy atom. The predicted octanol–water partition coefficient (Wildman–Crippen LogP) is 3.40. The highest BCUT2D eigenvalue weighted by molar-refractivity contribution is 7.99. The maximum atomic E-state index is 13.9.